The summed E-state index contributed by atoms with van der Waals surface area (Å²) in [4.78, 5) is 15.2. The molecule has 5 heteroatoms. The molecule has 1 atom stereocenters. The maximum atomic E-state index is 12.8. The number of rotatable bonds is 6. The molecule has 1 fully saturated rings. The second kappa shape index (κ2) is 8.27. The molecule has 0 radical (unpaired) electrons. The minimum atomic E-state index is -0.201. The van der Waals surface area contributed by atoms with Crippen molar-refractivity contribution in [2.45, 2.75) is 25.3 Å². The maximum absolute atomic E-state index is 12.8. The second-order valence-corrected chi connectivity index (χ2v) is 6.87. The highest BCUT2D eigenvalue weighted by Crippen LogP contribution is 2.26. The Labute approximate surface area is 159 Å². The number of nitrogens with one attached hydrogen (secondary N) is 1. The van der Waals surface area contributed by atoms with Gasteiger partial charge < -0.3 is 14.2 Å². The van der Waals surface area contributed by atoms with E-state index in [0.717, 1.165) is 30.0 Å². The number of hydrogen-bond acceptors (Lipinski definition) is 4. The van der Waals surface area contributed by atoms with Crippen LogP contribution in [0.4, 0.5) is 0 Å². The first-order chi connectivity index (χ1) is 13.3. The van der Waals surface area contributed by atoms with Crippen LogP contribution in [0, 0.1) is 0 Å². The van der Waals surface area contributed by atoms with Gasteiger partial charge in [-0.2, -0.15) is 0 Å². The van der Waals surface area contributed by atoms with Gasteiger partial charge in [0, 0.05) is 12.1 Å². The molecule has 4 rings (SSSR count). The van der Waals surface area contributed by atoms with Crippen LogP contribution in [0.2, 0.25) is 0 Å². The van der Waals surface area contributed by atoms with Gasteiger partial charge >= 0.3 is 0 Å². The van der Waals surface area contributed by atoms with Crippen molar-refractivity contribution in [1.82, 2.24) is 10.2 Å². The van der Waals surface area contributed by atoms with Crippen LogP contribution in [0.3, 0.4) is 0 Å². The summed E-state index contributed by atoms with van der Waals surface area (Å²) in [6, 6.07) is 15.6. The van der Waals surface area contributed by atoms with Gasteiger partial charge in [0.1, 0.15) is 5.76 Å². The van der Waals surface area contributed by atoms with Crippen molar-refractivity contribution in [2.24, 2.45) is 0 Å². The summed E-state index contributed by atoms with van der Waals surface area (Å²) in [5.41, 5.74) is 1.77. The molecule has 2 aromatic heterocycles. The Kier molecular flexibility index (Phi) is 5.39. The molecule has 3 heterocycles. The summed E-state index contributed by atoms with van der Waals surface area (Å²) in [5.74, 6) is 1.03. The fourth-order valence-corrected chi connectivity index (χ4v) is 3.72. The zero-order chi connectivity index (χ0) is 18.5. The van der Waals surface area contributed by atoms with Crippen molar-refractivity contribution in [1.29, 1.82) is 0 Å². The zero-order valence-electron chi connectivity index (χ0n) is 15.3. The average Bonchev–Trinajstić information content (AvgIpc) is 3.42. The van der Waals surface area contributed by atoms with Crippen LogP contribution >= 0.6 is 0 Å². The highest BCUT2D eigenvalue weighted by atomic mass is 16.3. The third-order valence-corrected chi connectivity index (χ3v) is 5.12. The van der Waals surface area contributed by atoms with E-state index in [0.29, 0.717) is 12.3 Å². The molecule has 0 aliphatic carbocycles. The monoisotopic (exact) mass is 364 g/mol. The lowest BCUT2D eigenvalue weighted by Crippen LogP contribution is -2.40. The van der Waals surface area contributed by atoms with Gasteiger partial charge in [-0.15, -0.1) is 0 Å². The minimum absolute atomic E-state index is 0.0411. The number of nitrogens with zero attached hydrogens (tertiary/aromatic N) is 1. The summed E-state index contributed by atoms with van der Waals surface area (Å²) in [6.45, 7) is 2.54. The van der Waals surface area contributed by atoms with Crippen molar-refractivity contribution in [3.63, 3.8) is 0 Å². The molecular formula is C22H24N2O3. The number of amides is 1. The number of likely N-dealkylation sites (tertiary alicyclic amines) is 1. The fourth-order valence-electron chi connectivity index (χ4n) is 3.72. The fraction of sp³-hybridized carbons (Fsp3) is 0.318. The minimum Gasteiger partial charge on any atom is -0.468 e. The Morgan fingerprint density at radius 3 is 2.52 bits per heavy atom. The van der Waals surface area contributed by atoms with E-state index >= 15 is 0 Å². The van der Waals surface area contributed by atoms with E-state index in [4.69, 9.17) is 8.83 Å². The average molecular weight is 364 g/mol. The van der Waals surface area contributed by atoms with E-state index in [-0.39, 0.29) is 11.9 Å². The van der Waals surface area contributed by atoms with Crippen LogP contribution < -0.4 is 5.32 Å². The normalized spacial score (nSPS) is 16.1. The molecule has 0 spiro atoms. The van der Waals surface area contributed by atoms with Gasteiger partial charge in [0.2, 0.25) is 0 Å². The quantitative estimate of drug-likeness (QED) is 0.700. The van der Waals surface area contributed by atoms with E-state index in [1.54, 1.807) is 12.5 Å². The van der Waals surface area contributed by atoms with E-state index in [9.17, 15) is 4.79 Å². The second-order valence-electron chi connectivity index (χ2n) is 6.87. The molecule has 0 bridgehead atoms. The van der Waals surface area contributed by atoms with Crippen molar-refractivity contribution in [2.75, 3.05) is 19.6 Å². The van der Waals surface area contributed by atoms with Crippen molar-refractivity contribution in [3.05, 3.63) is 72.6 Å². The summed E-state index contributed by atoms with van der Waals surface area (Å²) < 4.78 is 11.1. The predicted molar refractivity (Wildman–Crippen MR) is 103 cm³/mol. The molecule has 0 unspecified atom stereocenters. The zero-order valence-corrected chi connectivity index (χ0v) is 15.3. The smallest absolute Gasteiger partial charge is 0.287 e. The first kappa shape index (κ1) is 17.6. The van der Waals surface area contributed by atoms with Gasteiger partial charge in [-0.1, -0.05) is 36.8 Å². The van der Waals surface area contributed by atoms with Crippen LogP contribution in [-0.2, 0) is 0 Å². The molecule has 3 aromatic rings. The van der Waals surface area contributed by atoms with Crippen LogP contribution in [0.15, 0.2) is 69.9 Å². The molecule has 27 heavy (non-hydrogen) atoms. The Hall–Kier alpha value is -2.79. The van der Waals surface area contributed by atoms with Gasteiger partial charge in [0.05, 0.1) is 18.6 Å². The molecule has 1 N–H and O–H groups in total. The Bertz CT molecular complexity index is 849. The summed E-state index contributed by atoms with van der Waals surface area (Å²) >= 11 is 0. The van der Waals surface area contributed by atoms with E-state index in [1.165, 1.54) is 19.3 Å². The Morgan fingerprint density at radius 1 is 0.963 bits per heavy atom. The lowest BCUT2D eigenvalue weighted by Gasteiger charge is -2.33. The number of furan rings is 2. The third kappa shape index (κ3) is 3.98. The molecule has 1 saturated heterocycles. The number of carbonyl (C=O) groups excluding carboxylic acids is 1. The number of piperidine rings is 1. The third-order valence-electron chi connectivity index (χ3n) is 5.12. The molecule has 140 valence electrons. The van der Waals surface area contributed by atoms with Crippen molar-refractivity contribution < 1.29 is 13.6 Å². The Morgan fingerprint density at radius 2 is 1.78 bits per heavy atom. The van der Waals surface area contributed by atoms with Gasteiger partial charge in [-0.25, -0.2) is 0 Å². The molecule has 1 amide bonds. The van der Waals surface area contributed by atoms with Crippen LogP contribution in [0.1, 0.15) is 41.6 Å². The van der Waals surface area contributed by atoms with Crippen molar-refractivity contribution in [3.8, 4) is 11.1 Å². The predicted octanol–water partition coefficient (Wildman–Crippen LogP) is 4.50. The van der Waals surface area contributed by atoms with Gasteiger partial charge in [-0.05, 0) is 49.7 Å². The van der Waals surface area contributed by atoms with Gasteiger partial charge in [0.25, 0.3) is 5.91 Å². The van der Waals surface area contributed by atoms with E-state index in [1.807, 2.05) is 48.5 Å². The molecular weight excluding hydrogens is 340 g/mol. The largest absolute Gasteiger partial charge is 0.468 e. The standard InChI is InChI=1S/C22H24N2O3/c25-22(21-18(11-15-27-21)17-8-3-1-4-9-17)23-16-19(20-10-7-14-26-20)24-12-5-2-6-13-24/h1,3-4,7-11,14-15,19H,2,5-6,12-13,16H2,(H,23,25)/t19-/m0/s1. The Balaban J connectivity index is 1.48. The summed E-state index contributed by atoms with van der Waals surface area (Å²) in [6.07, 6.45) is 6.88. The molecule has 5 nitrogen and oxygen atoms in total. The number of carbonyl (C=O) groups is 1. The summed E-state index contributed by atoms with van der Waals surface area (Å²) in [7, 11) is 0. The molecule has 1 aromatic carbocycles. The first-order valence-electron chi connectivity index (χ1n) is 9.51. The SMILES string of the molecule is O=C(NC[C@@H](c1ccco1)N1CCCCC1)c1occc1-c1ccccc1. The van der Waals surface area contributed by atoms with E-state index < -0.39 is 0 Å². The molecule has 1 aliphatic rings. The lowest BCUT2D eigenvalue weighted by atomic mass is 10.1. The highest BCUT2D eigenvalue weighted by Gasteiger charge is 2.26. The molecule has 1 aliphatic heterocycles. The van der Waals surface area contributed by atoms with Crippen LogP contribution in [0.5, 0.6) is 0 Å². The van der Waals surface area contributed by atoms with Crippen LogP contribution in [0.25, 0.3) is 11.1 Å². The van der Waals surface area contributed by atoms with E-state index in [2.05, 4.69) is 10.2 Å². The van der Waals surface area contributed by atoms with Crippen molar-refractivity contribution >= 4 is 5.91 Å². The first-order valence-corrected chi connectivity index (χ1v) is 9.51. The number of benzene rings is 1. The highest BCUT2D eigenvalue weighted by molar-refractivity contribution is 5.98. The van der Waals surface area contributed by atoms with Crippen LogP contribution in [-0.4, -0.2) is 30.4 Å². The maximum Gasteiger partial charge on any atom is 0.287 e. The lowest BCUT2D eigenvalue weighted by molar-refractivity contribution is 0.0888. The number of hydrogen-bond donors (Lipinski definition) is 1. The molecule has 0 saturated carbocycles. The van der Waals surface area contributed by atoms with Gasteiger partial charge in [-0.3, -0.25) is 9.69 Å². The summed E-state index contributed by atoms with van der Waals surface area (Å²) in [5, 5.41) is 3.05. The topological polar surface area (TPSA) is 58.6 Å². The van der Waals surface area contributed by atoms with Gasteiger partial charge in [0.15, 0.2) is 5.76 Å².